The van der Waals surface area contributed by atoms with Gasteiger partial charge in [-0.15, -0.1) is 0 Å². The van der Waals surface area contributed by atoms with Gasteiger partial charge in [0, 0.05) is 11.8 Å². The largest absolute Gasteiger partial charge is 0.338 e. The van der Waals surface area contributed by atoms with Crippen molar-refractivity contribution < 1.29 is 18.0 Å². The van der Waals surface area contributed by atoms with Crippen LogP contribution < -0.4 is 10.6 Å². The van der Waals surface area contributed by atoms with Crippen LogP contribution in [0.5, 0.6) is 0 Å². The molecule has 0 saturated heterocycles. The van der Waals surface area contributed by atoms with Crippen LogP contribution in [0.2, 0.25) is 0 Å². The molecule has 0 aliphatic carbocycles. The molecule has 3 rings (SSSR count). The van der Waals surface area contributed by atoms with Gasteiger partial charge < -0.3 is 10.6 Å². The Labute approximate surface area is 153 Å². The van der Waals surface area contributed by atoms with Crippen LogP contribution >= 0.6 is 0 Å². The molecule has 0 bridgehead atoms. The van der Waals surface area contributed by atoms with E-state index < -0.39 is 23.4 Å². The van der Waals surface area contributed by atoms with E-state index in [0.29, 0.717) is 5.69 Å². The van der Waals surface area contributed by atoms with E-state index in [1.807, 2.05) is 26.0 Å². The van der Waals surface area contributed by atoms with Crippen LogP contribution in [0.15, 0.2) is 42.7 Å². The lowest BCUT2D eigenvalue weighted by atomic mass is 10.1. The summed E-state index contributed by atoms with van der Waals surface area (Å²) in [6, 6.07) is 8.60. The summed E-state index contributed by atoms with van der Waals surface area (Å²) >= 11 is 0. The first-order valence-corrected chi connectivity index (χ1v) is 7.97. The molecule has 0 radical (unpaired) electrons. The summed E-state index contributed by atoms with van der Waals surface area (Å²) < 4.78 is 40.1. The predicted molar refractivity (Wildman–Crippen MR) is 95.5 cm³/mol. The molecule has 8 heteroatoms. The molecule has 0 aliphatic rings. The van der Waals surface area contributed by atoms with Crippen molar-refractivity contribution in [2.45, 2.75) is 13.8 Å². The highest BCUT2D eigenvalue weighted by Gasteiger charge is 2.15. The maximum atomic E-state index is 13.8. The molecule has 27 heavy (non-hydrogen) atoms. The third kappa shape index (κ3) is 3.89. The van der Waals surface area contributed by atoms with Crippen LogP contribution in [0.4, 0.5) is 30.4 Å². The Balaban J connectivity index is 1.82. The first-order valence-electron chi connectivity index (χ1n) is 7.97. The first kappa shape index (κ1) is 18.4. The fourth-order valence-corrected chi connectivity index (χ4v) is 2.38. The monoisotopic (exact) mass is 372 g/mol. The SMILES string of the molecule is Cc1cccc(NC(=O)c2cc(Nc3ccc(F)c(F)c3F)ncn2)c1C. The van der Waals surface area contributed by atoms with Gasteiger partial charge in [0.15, 0.2) is 17.5 Å². The van der Waals surface area contributed by atoms with Crippen LogP contribution in [0.3, 0.4) is 0 Å². The fraction of sp³-hybridized carbons (Fsp3) is 0.105. The van der Waals surface area contributed by atoms with Gasteiger partial charge in [-0.1, -0.05) is 12.1 Å². The van der Waals surface area contributed by atoms with Gasteiger partial charge in [-0.2, -0.15) is 0 Å². The van der Waals surface area contributed by atoms with E-state index in [1.54, 1.807) is 6.07 Å². The van der Waals surface area contributed by atoms with E-state index >= 15 is 0 Å². The standard InChI is InChI=1S/C19H15F3N4O/c1-10-4-3-5-13(11(10)2)26-19(27)15-8-16(24-9-23-15)25-14-7-6-12(20)17(21)18(14)22/h3-9H,1-2H3,(H,26,27)(H,23,24,25). The third-order valence-electron chi connectivity index (χ3n) is 4.05. The molecular formula is C19H15F3N4O. The Bertz CT molecular complexity index is 1020. The van der Waals surface area contributed by atoms with Gasteiger partial charge in [0.25, 0.3) is 5.91 Å². The van der Waals surface area contributed by atoms with Gasteiger partial charge in [-0.05, 0) is 43.2 Å². The van der Waals surface area contributed by atoms with Crippen molar-refractivity contribution in [3.63, 3.8) is 0 Å². The van der Waals surface area contributed by atoms with E-state index in [2.05, 4.69) is 20.6 Å². The Kier molecular flexibility index (Phi) is 5.07. The van der Waals surface area contributed by atoms with Crippen LogP contribution in [-0.4, -0.2) is 15.9 Å². The second-order valence-electron chi connectivity index (χ2n) is 5.84. The third-order valence-corrected chi connectivity index (χ3v) is 4.05. The van der Waals surface area contributed by atoms with Crippen molar-refractivity contribution >= 4 is 23.1 Å². The summed E-state index contributed by atoms with van der Waals surface area (Å²) in [5.41, 5.74) is 2.29. The molecular weight excluding hydrogens is 357 g/mol. The molecule has 1 amide bonds. The molecule has 2 aromatic carbocycles. The van der Waals surface area contributed by atoms with Crippen molar-refractivity contribution in [1.29, 1.82) is 0 Å². The van der Waals surface area contributed by atoms with Gasteiger partial charge in [-0.3, -0.25) is 4.79 Å². The highest BCUT2D eigenvalue weighted by Crippen LogP contribution is 2.23. The number of nitrogens with zero attached hydrogens (tertiary/aromatic N) is 2. The average Bonchev–Trinajstić information content (AvgIpc) is 2.66. The topological polar surface area (TPSA) is 66.9 Å². The summed E-state index contributed by atoms with van der Waals surface area (Å²) in [4.78, 5) is 20.2. The smallest absolute Gasteiger partial charge is 0.274 e. The zero-order chi connectivity index (χ0) is 19.6. The minimum Gasteiger partial charge on any atom is -0.338 e. The molecule has 0 saturated carbocycles. The van der Waals surface area contributed by atoms with E-state index in [0.717, 1.165) is 29.6 Å². The maximum absolute atomic E-state index is 13.8. The molecule has 5 nitrogen and oxygen atoms in total. The number of amides is 1. The molecule has 3 aromatic rings. The Hall–Kier alpha value is -3.42. The van der Waals surface area contributed by atoms with Gasteiger partial charge >= 0.3 is 0 Å². The molecule has 0 atom stereocenters. The quantitative estimate of drug-likeness (QED) is 0.662. The van der Waals surface area contributed by atoms with Crippen molar-refractivity contribution in [3.05, 3.63) is 77.0 Å². The number of rotatable bonds is 4. The van der Waals surface area contributed by atoms with Gasteiger partial charge in [0.05, 0.1) is 5.69 Å². The highest BCUT2D eigenvalue weighted by molar-refractivity contribution is 6.03. The summed E-state index contributed by atoms with van der Waals surface area (Å²) in [6.45, 7) is 3.80. The number of hydrogen-bond acceptors (Lipinski definition) is 4. The summed E-state index contributed by atoms with van der Waals surface area (Å²) in [6.07, 6.45) is 1.11. The van der Waals surface area contributed by atoms with Gasteiger partial charge in [0.2, 0.25) is 0 Å². The average molecular weight is 372 g/mol. The predicted octanol–water partition coefficient (Wildman–Crippen LogP) is 4.51. The minimum atomic E-state index is -1.60. The van der Waals surface area contributed by atoms with Gasteiger partial charge in [-0.25, -0.2) is 23.1 Å². The van der Waals surface area contributed by atoms with Crippen molar-refractivity contribution in [1.82, 2.24) is 9.97 Å². The summed E-state index contributed by atoms with van der Waals surface area (Å²) in [5.74, 6) is -4.70. The second kappa shape index (κ2) is 7.45. The van der Waals surface area contributed by atoms with E-state index in [4.69, 9.17) is 0 Å². The number of aryl methyl sites for hydroxylation is 1. The lowest BCUT2D eigenvalue weighted by molar-refractivity contribution is 0.102. The number of hydrogen-bond donors (Lipinski definition) is 2. The molecule has 1 aromatic heterocycles. The van der Waals surface area contributed by atoms with E-state index in [-0.39, 0.29) is 17.2 Å². The summed E-state index contributed by atoms with van der Waals surface area (Å²) in [7, 11) is 0. The molecule has 138 valence electrons. The van der Waals surface area contributed by atoms with Crippen LogP contribution in [0.25, 0.3) is 0 Å². The number of benzene rings is 2. The van der Waals surface area contributed by atoms with Crippen molar-refractivity contribution in [2.24, 2.45) is 0 Å². The number of halogens is 3. The van der Waals surface area contributed by atoms with E-state index in [1.165, 1.54) is 6.07 Å². The molecule has 0 aliphatic heterocycles. The molecule has 0 fully saturated rings. The zero-order valence-corrected chi connectivity index (χ0v) is 14.5. The summed E-state index contributed by atoms with van der Waals surface area (Å²) in [5, 5.41) is 5.25. The van der Waals surface area contributed by atoms with Crippen LogP contribution in [0, 0.1) is 31.3 Å². The molecule has 1 heterocycles. The zero-order valence-electron chi connectivity index (χ0n) is 14.5. The lowest BCUT2D eigenvalue weighted by Crippen LogP contribution is -2.15. The number of anilines is 3. The lowest BCUT2D eigenvalue weighted by Gasteiger charge is -2.11. The molecule has 2 N–H and O–H groups in total. The van der Waals surface area contributed by atoms with Crippen LogP contribution in [0.1, 0.15) is 21.6 Å². The minimum absolute atomic E-state index is 0.0244. The van der Waals surface area contributed by atoms with Crippen LogP contribution in [-0.2, 0) is 0 Å². The Morgan fingerprint density at radius 3 is 2.52 bits per heavy atom. The first-order chi connectivity index (χ1) is 12.9. The highest BCUT2D eigenvalue weighted by atomic mass is 19.2. The van der Waals surface area contributed by atoms with Gasteiger partial charge in [0.1, 0.15) is 17.8 Å². The normalized spacial score (nSPS) is 10.6. The number of nitrogens with one attached hydrogen (secondary N) is 2. The number of carbonyl (C=O) groups is 1. The van der Waals surface area contributed by atoms with Crippen molar-refractivity contribution in [2.75, 3.05) is 10.6 Å². The Morgan fingerprint density at radius 2 is 1.74 bits per heavy atom. The maximum Gasteiger partial charge on any atom is 0.274 e. The molecule has 0 spiro atoms. The number of carbonyl (C=O) groups excluding carboxylic acids is 1. The molecule has 0 unspecified atom stereocenters. The van der Waals surface area contributed by atoms with E-state index in [9.17, 15) is 18.0 Å². The second-order valence-corrected chi connectivity index (χ2v) is 5.84. The van der Waals surface area contributed by atoms with Crippen molar-refractivity contribution in [3.8, 4) is 0 Å². The fourth-order valence-electron chi connectivity index (χ4n) is 2.38. The number of aromatic nitrogens is 2. The Morgan fingerprint density at radius 1 is 0.963 bits per heavy atom.